The van der Waals surface area contributed by atoms with Crippen molar-refractivity contribution in [3.8, 4) is 0 Å². The van der Waals surface area contributed by atoms with Crippen molar-refractivity contribution in [2.45, 2.75) is 77.1 Å². The molecule has 18 heavy (non-hydrogen) atoms. The molecule has 0 unspecified atom stereocenters. The van der Waals surface area contributed by atoms with E-state index in [-0.39, 0.29) is 43.3 Å². The maximum absolute atomic E-state index is 9.58. The summed E-state index contributed by atoms with van der Waals surface area (Å²) in [6.07, 6.45) is 5.92. The molecular formula is C12H32O4SiZr. The van der Waals surface area contributed by atoms with Gasteiger partial charge in [0.25, 0.3) is 0 Å². The first-order valence-corrected chi connectivity index (χ1v) is 9.05. The summed E-state index contributed by atoms with van der Waals surface area (Å²) in [7, 11) is -1.67. The van der Waals surface area contributed by atoms with Crippen LogP contribution in [0, 0.1) is 0 Å². The molecule has 1 saturated carbocycles. The van der Waals surface area contributed by atoms with Gasteiger partial charge in [-0.25, -0.2) is 0 Å². The average molecular weight is 360 g/mol. The molecule has 1 aliphatic rings. The fourth-order valence-corrected chi connectivity index (χ4v) is 3.33. The Morgan fingerprint density at radius 3 is 1.33 bits per heavy atom. The zero-order chi connectivity index (χ0) is 11.7. The quantitative estimate of drug-likeness (QED) is 0.748. The van der Waals surface area contributed by atoms with Crippen LogP contribution in [0.2, 0.25) is 18.1 Å². The SMILES string of the molecule is CC[Si](O)(CC)CC.O.O.OC1CCCCC1.[Zr]. The molecule has 112 valence electrons. The van der Waals surface area contributed by atoms with Crippen molar-refractivity contribution in [2.24, 2.45) is 0 Å². The molecule has 0 saturated heterocycles. The summed E-state index contributed by atoms with van der Waals surface area (Å²) < 4.78 is 0. The number of rotatable bonds is 3. The van der Waals surface area contributed by atoms with Gasteiger partial charge in [0.2, 0.25) is 0 Å². The summed E-state index contributed by atoms with van der Waals surface area (Å²) in [4.78, 5) is 9.58. The van der Waals surface area contributed by atoms with E-state index in [1.54, 1.807) is 0 Å². The van der Waals surface area contributed by atoms with Gasteiger partial charge in [-0.15, -0.1) is 0 Å². The van der Waals surface area contributed by atoms with E-state index in [9.17, 15) is 4.80 Å². The molecule has 0 atom stereocenters. The smallest absolute Gasteiger partial charge is 0.187 e. The van der Waals surface area contributed by atoms with Crippen LogP contribution in [0.5, 0.6) is 0 Å². The van der Waals surface area contributed by atoms with Gasteiger partial charge in [-0.3, -0.25) is 0 Å². The fraction of sp³-hybridized carbons (Fsp3) is 1.00. The van der Waals surface area contributed by atoms with Gasteiger partial charge in [-0.1, -0.05) is 40.0 Å². The minimum Gasteiger partial charge on any atom is -0.432 e. The average Bonchev–Trinajstić information content (AvgIpc) is 2.30. The Morgan fingerprint density at radius 1 is 0.889 bits per heavy atom. The van der Waals surface area contributed by atoms with E-state index >= 15 is 0 Å². The molecule has 0 bridgehead atoms. The Morgan fingerprint density at radius 2 is 1.22 bits per heavy atom. The van der Waals surface area contributed by atoms with Gasteiger partial charge in [0.05, 0.1) is 6.10 Å². The number of aliphatic hydroxyl groups excluding tert-OH is 1. The van der Waals surface area contributed by atoms with Crippen molar-refractivity contribution in [1.82, 2.24) is 0 Å². The van der Waals surface area contributed by atoms with E-state index in [4.69, 9.17) is 5.11 Å². The van der Waals surface area contributed by atoms with Crippen molar-refractivity contribution in [3.05, 3.63) is 0 Å². The molecule has 0 radical (unpaired) electrons. The van der Waals surface area contributed by atoms with Crippen molar-refractivity contribution >= 4 is 8.32 Å². The molecule has 0 heterocycles. The van der Waals surface area contributed by atoms with Crippen LogP contribution in [0.15, 0.2) is 0 Å². The minimum atomic E-state index is -1.67. The van der Waals surface area contributed by atoms with E-state index in [0.717, 1.165) is 31.0 Å². The molecule has 0 aromatic carbocycles. The molecule has 0 aromatic heterocycles. The molecule has 0 aromatic rings. The third kappa shape index (κ3) is 13.4. The third-order valence-electron chi connectivity index (χ3n) is 3.55. The van der Waals surface area contributed by atoms with Crippen molar-refractivity contribution in [1.29, 1.82) is 0 Å². The molecular weight excluding hydrogens is 327 g/mol. The Kier molecular flexibility index (Phi) is 24.3. The summed E-state index contributed by atoms with van der Waals surface area (Å²) in [5.41, 5.74) is 0. The summed E-state index contributed by atoms with van der Waals surface area (Å²) in [5.74, 6) is 0. The van der Waals surface area contributed by atoms with Crippen LogP contribution in [0.1, 0.15) is 52.9 Å². The second-order valence-corrected chi connectivity index (χ2v) is 9.15. The standard InChI is InChI=1S/C6H16OSi.C6H12O.2H2O.Zr/c1-4-8(7,5-2)6-3;7-6-4-2-1-3-5-6;;;/h7H,4-6H2,1-3H3;6-7H,1-5H2;2*1H2;. The minimum absolute atomic E-state index is 0. The van der Waals surface area contributed by atoms with Gasteiger partial charge in [0.15, 0.2) is 8.32 Å². The Labute approximate surface area is 132 Å². The van der Waals surface area contributed by atoms with E-state index in [2.05, 4.69) is 20.8 Å². The zero-order valence-electron chi connectivity index (χ0n) is 12.1. The van der Waals surface area contributed by atoms with Gasteiger partial charge in [0, 0.05) is 26.2 Å². The van der Waals surface area contributed by atoms with E-state index in [1.165, 1.54) is 19.3 Å². The molecule has 1 rings (SSSR count). The molecule has 6 N–H and O–H groups in total. The summed E-state index contributed by atoms with van der Waals surface area (Å²) in [6, 6.07) is 3.04. The molecule has 1 fully saturated rings. The number of hydrogen-bond acceptors (Lipinski definition) is 2. The Bertz CT molecular complexity index is 143. The molecule has 1 aliphatic carbocycles. The summed E-state index contributed by atoms with van der Waals surface area (Å²) in [5, 5.41) is 8.91. The number of hydrogen-bond donors (Lipinski definition) is 2. The van der Waals surface area contributed by atoms with Crippen LogP contribution in [0.3, 0.4) is 0 Å². The van der Waals surface area contributed by atoms with Crippen LogP contribution in [-0.4, -0.2) is 35.3 Å². The predicted molar refractivity (Wildman–Crippen MR) is 75.7 cm³/mol. The first-order chi connectivity index (χ1) is 7.08. The van der Waals surface area contributed by atoms with Crippen molar-refractivity contribution < 1.29 is 47.1 Å². The fourth-order valence-electron chi connectivity index (χ4n) is 1.83. The van der Waals surface area contributed by atoms with Gasteiger partial charge >= 0.3 is 0 Å². The van der Waals surface area contributed by atoms with E-state index in [1.807, 2.05) is 0 Å². The van der Waals surface area contributed by atoms with Crippen LogP contribution < -0.4 is 0 Å². The molecule has 0 amide bonds. The third-order valence-corrected chi connectivity index (χ3v) is 7.50. The van der Waals surface area contributed by atoms with Crippen molar-refractivity contribution in [3.63, 3.8) is 0 Å². The summed E-state index contributed by atoms with van der Waals surface area (Å²) >= 11 is 0. The summed E-state index contributed by atoms with van der Waals surface area (Å²) in [6.45, 7) is 6.25. The number of aliphatic hydroxyl groups is 1. The van der Waals surface area contributed by atoms with Crippen molar-refractivity contribution in [2.75, 3.05) is 0 Å². The second kappa shape index (κ2) is 16.0. The monoisotopic (exact) mass is 358 g/mol. The van der Waals surface area contributed by atoms with E-state index < -0.39 is 8.32 Å². The Hall–Kier alpha value is 0.940. The van der Waals surface area contributed by atoms with Crippen LogP contribution in [0.4, 0.5) is 0 Å². The second-order valence-electron chi connectivity index (χ2n) is 4.58. The molecule has 4 nitrogen and oxygen atoms in total. The van der Waals surface area contributed by atoms with Crippen LogP contribution in [0.25, 0.3) is 0 Å². The van der Waals surface area contributed by atoms with Crippen LogP contribution in [-0.2, 0) is 26.2 Å². The normalized spacial score (nSPS) is 15.2. The van der Waals surface area contributed by atoms with Gasteiger partial charge in [0.1, 0.15) is 0 Å². The molecule has 6 heteroatoms. The maximum atomic E-state index is 9.58. The van der Waals surface area contributed by atoms with Gasteiger partial charge < -0.3 is 20.9 Å². The molecule has 0 spiro atoms. The topological polar surface area (TPSA) is 103 Å². The maximum Gasteiger partial charge on any atom is 0.187 e. The van der Waals surface area contributed by atoms with Gasteiger partial charge in [-0.05, 0) is 31.0 Å². The van der Waals surface area contributed by atoms with Crippen LogP contribution >= 0.6 is 0 Å². The largest absolute Gasteiger partial charge is 0.432 e. The predicted octanol–water partition coefficient (Wildman–Crippen LogP) is 1.64. The zero-order valence-corrected chi connectivity index (χ0v) is 15.6. The molecule has 0 aliphatic heterocycles. The van der Waals surface area contributed by atoms with E-state index in [0.29, 0.717) is 0 Å². The first kappa shape index (κ1) is 27.3. The first-order valence-electron chi connectivity index (χ1n) is 6.48. The Balaban J connectivity index is -0.0000000935. The van der Waals surface area contributed by atoms with Gasteiger partial charge in [-0.2, -0.15) is 0 Å².